The summed E-state index contributed by atoms with van der Waals surface area (Å²) in [4.78, 5) is 0. The summed E-state index contributed by atoms with van der Waals surface area (Å²) in [6, 6.07) is 8.20. The van der Waals surface area contributed by atoms with Crippen molar-refractivity contribution < 1.29 is 9.30 Å². The molecule has 1 aromatic heterocycles. The SMILES string of the molecule is COc1cc2c3c(ccc[n+]3C=C(C)N2)c1. The van der Waals surface area contributed by atoms with Gasteiger partial charge in [-0.25, -0.2) is 0 Å². The summed E-state index contributed by atoms with van der Waals surface area (Å²) in [7, 11) is 1.69. The Labute approximate surface area is 94.0 Å². The Morgan fingerprint density at radius 3 is 3.00 bits per heavy atom. The molecule has 0 saturated carbocycles. The zero-order chi connectivity index (χ0) is 11.1. The van der Waals surface area contributed by atoms with Gasteiger partial charge in [-0.1, -0.05) is 0 Å². The fraction of sp³-hybridized carbons (Fsp3) is 0.154. The van der Waals surface area contributed by atoms with Crippen molar-refractivity contribution in [2.45, 2.75) is 6.92 Å². The Bertz CT molecular complexity index is 602. The quantitative estimate of drug-likeness (QED) is 0.736. The average Bonchev–Trinajstić information content (AvgIpc) is 2.28. The lowest BCUT2D eigenvalue weighted by molar-refractivity contribution is -0.539. The number of anilines is 1. The maximum absolute atomic E-state index is 5.30. The number of ether oxygens (including phenoxy) is 1. The van der Waals surface area contributed by atoms with Crippen molar-refractivity contribution in [2.24, 2.45) is 0 Å². The summed E-state index contributed by atoms with van der Waals surface area (Å²) in [5, 5.41) is 4.53. The van der Waals surface area contributed by atoms with Gasteiger partial charge in [-0.15, -0.1) is 0 Å². The van der Waals surface area contributed by atoms with Crippen LogP contribution in [-0.2, 0) is 0 Å². The summed E-state index contributed by atoms with van der Waals surface area (Å²) < 4.78 is 7.43. The summed E-state index contributed by atoms with van der Waals surface area (Å²) >= 11 is 0. The van der Waals surface area contributed by atoms with Gasteiger partial charge in [0.1, 0.15) is 11.4 Å². The predicted molar refractivity (Wildman–Crippen MR) is 64.3 cm³/mol. The highest BCUT2D eigenvalue weighted by molar-refractivity contribution is 5.91. The molecule has 0 radical (unpaired) electrons. The van der Waals surface area contributed by atoms with Gasteiger partial charge in [-0.05, 0) is 19.1 Å². The van der Waals surface area contributed by atoms with E-state index in [2.05, 4.69) is 28.3 Å². The number of rotatable bonds is 1. The number of nitrogens with zero attached hydrogens (tertiary/aromatic N) is 1. The fourth-order valence-electron chi connectivity index (χ4n) is 2.13. The van der Waals surface area contributed by atoms with Gasteiger partial charge in [-0.3, -0.25) is 0 Å². The first-order chi connectivity index (χ1) is 7.78. The normalized spacial score (nSPS) is 13.2. The number of nitrogens with one attached hydrogen (secondary N) is 1. The Morgan fingerprint density at radius 2 is 2.19 bits per heavy atom. The lowest BCUT2D eigenvalue weighted by atomic mass is 10.1. The lowest BCUT2D eigenvalue weighted by Gasteiger charge is -2.13. The van der Waals surface area contributed by atoms with Crippen molar-refractivity contribution in [3.05, 3.63) is 36.2 Å². The molecule has 1 aromatic carbocycles. The molecule has 3 nitrogen and oxygen atoms in total. The third-order valence-electron chi connectivity index (χ3n) is 2.79. The molecule has 0 atom stereocenters. The number of pyridine rings is 1. The molecule has 0 fully saturated rings. The van der Waals surface area contributed by atoms with E-state index >= 15 is 0 Å². The molecule has 2 heterocycles. The van der Waals surface area contributed by atoms with E-state index in [1.54, 1.807) is 7.11 Å². The first kappa shape index (κ1) is 9.21. The highest BCUT2D eigenvalue weighted by Crippen LogP contribution is 2.29. The molecule has 0 bridgehead atoms. The molecule has 16 heavy (non-hydrogen) atoms. The van der Waals surface area contributed by atoms with Crippen molar-refractivity contribution in [3.8, 4) is 5.75 Å². The van der Waals surface area contributed by atoms with Gasteiger partial charge in [0, 0.05) is 12.1 Å². The van der Waals surface area contributed by atoms with Gasteiger partial charge >= 0.3 is 0 Å². The van der Waals surface area contributed by atoms with Crippen molar-refractivity contribution in [1.82, 2.24) is 0 Å². The van der Waals surface area contributed by atoms with Crippen LogP contribution in [0.2, 0.25) is 0 Å². The standard InChI is InChI=1S/C13H13N2O/c1-9-8-15-5-3-4-10-6-11(16-2)7-12(14-9)13(10)15/h3-8,14H,1-2H3/q+1. The summed E-state index contributed by atoms with van der Waals surface area (Å²) in [6.45, 7) is 2.05. The van der Waals surface area contributed by atoms with Crippen molar-refractivity contribution in [1.29, 1.82) is 0 Å². The van der Waals surface area contributed by atoms with Crippen LogP contribution in [0.25, 0.3) is 17.1 Å². The number of aromatic nitrogens is 1. The minimum Gasteiger partial charge on any atom is -0.497 e. The molecule has 1 aliphatic rings. The molecule has 1 aliphatic heterocycles. The topological polar surface area (TPSA) is 25.1 Å². The number of allylic oxidation sites excluding steroid dienone is 1. The van der Waals surface area contributed by atoms with E-state index in [-0.39, 0.29) is 0 Å². The Kier molecular flexibility index (Phi) is 1.86. The monoisotopic (exact) mass is 213 g/mol. The van der Waals surface area contributed by atoms with Crippen LogP contribution in [0.3, 0.4) is 0 Å². The molecule has 3 rings (SSSR count). The molecular weight excluding hydrogens is 200 g/mol. The molecule has 0 spiro atoms. The van der Waals surface area contributed by atoms with Gasteiger partial charge < -0.3 is 10.1 Å². The molecule has 0 saturated heterocycles. The minimum atomic E-state index is 0.877. The first-order valence-electron chi connectivity index (χ1n) is 5.25. The minimum absolute atomic E-state index is 0.877. The molecule has 1 N–H and O–H groups in total. The Hall–Kier alpha value is -2.03. The van der Waals surface area contributed by atoms with E-state index in [1.807, 2.05) is 25.1 Å². The van der Waals surface area contributed by atoms with E-state index in [9.17, 15) is 0 Å². The summed E-state index contributed by atoms with van der Waals surface area (Å²) in [5.41, 5.74) is 3.40. The van der Waals surface area contributed by atoms with Crippen LogP contribution in [0.4, 0.5) is 5.69 Å². The average molecular weight is 213 g/mol. The largest absolute Gasteiger partial charge is 0.497 e. The summed E-state index contributed by atoms with van der Waals surface area (Å²) in [6.07, 6.45) is 4.14. The van der Waals surface area contributed by atoms with Crippen LogP contribution in [0.15, 0.2) is 36.2 Å². The second-order valence-electron chi connectivity index (χ2n) is 3.97. The van der Waals surface area contributed by atoms with Gasteiger partial charge in [0.25, 0.3) is 0 Å². The molecular formula is C13H13N2O+. The van der Waals surface area contributed by atoms with Crippen molar-refractivity contribution >= 4 is 22.8 Å². The van der Waals surface area contributed by atoms with Crippen molar-refractivity contribution in [2.75, 3.05) is 12.4 Å². The maximum atomic E-state index is 5.30. The second-order valence-corrected chi connectivity index (χ2v) is 3.97. The fourth-order valence-corrected chi connectivity index (χ4v) is 2.13. The molecule has 0 unspecified atom stereocenters. The zero-order valence-corrected chi connectivity index (χ0v) is 9.32. The van der Waals surface area contributed by atoms with Crippen LogP contribution >= 0.6 is 0 Å². The highest BCUT2D eigenvalue weighted by Gasteiger charge is 2.18. The predicted octanol–water partition coefficient (Wildman–Crippen LogP) is 2.38. The molecule has 3 heteroatoms. The van der Waals surface area contributed by atoms with Gasteiger partial charge in [0.15, 0.2) is 12.4 Å². The van der Waals surface area contributed by atoms with E-state index in [1.165, 1.54) is 10.9 Å². The van der Waals surface area contributed by atoms with Crippen LogP contribution in [0.5, 0.6) is 5.75 Å². The highest BCUT2D eigenvalue weighted by atomic mass is 16.5. The van der Waals surface area contributed by atoms with Crippen LogP contribution in [0, 0.1) is 0 Å². The molecule has 2 aromatic rings. The van der Waals surface area contributed by atoms with Gasteiger partial charge in [-0.2, -0.15) is 4.57 Å². The number of hydrogen-bond donors (Lipinski definition) is 1. The van der Waals surface area contributed by atoms with E-state index in [0.29, 0.717) is 0 Å². The van der Waals surface area contributed by atoms with Crippen LogP contribution < -0.4 is 14.6 Å². The van der Waals surface area contributed by atoms with Crippen LogP contribution in [-0.4, -0.2) is 7.11 Å². The van der Waals surface area contributed by atoms with Crippen LogP contribution in [0.1, 0.15) is 6.92 Å². The second kappa shape index (κ2) is 3.23. The number of hydrogen-bond acceptors (Lipinski definition) is 2. The van der Waals surface area contributed by atoms with Gasteiger partial charge in [0.05, 0.1) is 18.2 Å². The third-order valence-corrected chi connectivity index (χ3v) is 2.79. The zero-order valence-electron chi connectivity index (χ0n) is 9.32. The number of methoxy groups -OCH3 is 1. The van der Waals surface area contributed by atoms with E-state index in [0.717, 1.165) is 17.1 Å². The first-order valence-corrected chi connectivity index (χ1v) is 5.25. The lowest BCUT2D eigenvalue weighted by Crippen LogP contribution is -2.31. The van der Waals surface area contributed by atoms with Gasteiger partial charge in [0.2, 0.25) is 5.52 Å². The Morgan fingerprint density at radius 1 is 1.31 bits per heavy atom. The van der Waals surface area contributed by atoms with E-state index < -0.39 is 0 Å². The molecule has 0 amide bonds. The Balaban J connectivity index is 2.40. The maximum Gasteiger partial charge on any atom is 0.241 e. The van der Waals surface area contributed by atoms with E-state index in [4.69, 9.17) is 4.74 Å². The molecule has 80 valence electrons. The number of benzene rings is 1. The smallest absolute Gasteiger partial charge is 0.241 e. The molecule has 0 aliphatic carbocycles. The van der Waals surface area contributed by atoms with Crippen molar-refractivity contribution in [3.63, 3.8) is 0 Å². The summed E-state index contributed by atoms with van der Waals surface area (Å²) in [5.74, 6) is 0.877. The third kappa shape index (κ3) is 1.25.